The first-order valence-electron chi connectivity index (χ1n) is 8.45. The van der Waals surface area contributed by atoms with E-state index in [-0.39, 0.29) is 11.7 Å². The van der Waals surface area contributed by atoms with Crippen LogP contribution < -0.4 is 0 Å². The SMILES string of the molecule is CC1CCC(CC2CCC3(CCCC3)O2)(C(=O)O)CC1. The highest BCUT2D eigenvalue weighted by atomic mass is 16.5. The number of hydrogen-bond acceptors (Lipinski definition) is 2. The van der Waals surface area contributed by atoms with Gasteiger partial charge in [-0.25, -0.2) is 0 Å². The fourth-order valence-corrected chi connectivity index (χ4v) is 4.68. The summed E-state index contributed by atoms with van der Waals surface area (Å²) >= 11 is 0. The Bertz CT molecular complexity index is 362. The molecule has 3 nitrogen and oxygen atoms in total. The molecule has 20 heavy (non-hydrogen) atoms. The molecular weight excluding hydrogens is 252 g/mol. The van der Waals surface area contributed by atoms with E-state index in [4.69, 9.17) is 4.74 Å². The molecule has 1 aliphatic heterocycles. The minimum absolute atomic E-state index is 0.131. The standard InChI is InChI=1S/C17H28O3/c1-13-4-9-16(10-5-13,15(18)19)12-14-6-11-17(20-14)7-2-3-8-17/h13-14H,2-12H2,1H3,(H,18,19). The van der Waals surface area contributed by atoms with Gasteiger partial charge in [0.15, 0.2) is 0 Å². The number of rotatable bonds is 3. The molecule has 3 rings (SSSR count). The third-order valence-electron chi connectivity index (χ3n) is 6.16. The van der Waals surface area contributed by atoms with Crippen molar-refractivity contribution in [1.29, 1.82) is 0 Å². The average molecular weight is 280 g/mol. The van der Waals surface area contributed by atoms with Crippen LogP contribution in [-0.2, 0) is 9.53 Å². The van der Waals surface area contributed by atoms with Gasteiger partial charge in [-0.2, -0.15) is 0 Å². The molecule has 3 heteroatoms. The van der Waals surface area contributed by atoms with Crippen LogP contribution in [0.15, 0.2) is 0 Å². The molecule has 0 aromatic rings. The van der Waals surface area contributed by atoms with Crippen LogP contribution in [0, 0.1) is 11.3 Å². The molecule has 2 aliphatic carbocycles. The topological polar surface area (TPSA) is 46.5 Å². The molecule has 1 unspecified atom stereocenters. The quantitative estimate of drug-likeness (QED) is 0.844. The van der Waals surface area contributed by atoms with Crippen LogP contribution in [0.5, 0.6) is 0 Å². The molecule has 3 aliphatic rings. The number of carbonyl (C=O) groups is 1. The maximum atomic E-state index is 11.8. The summed E-state index contributed by atoms with van der Waals surface area (Å²) < 4.78 is 6.35. The van der Waals surface area contributed by atoms with E-state index in [0.29, 0.717) is 5.92 Å². The number of aliphatic carboxylic acids is 1. The Morgan fingerprint density at radius 3 is 2.35 bits per heavy atom. The average Bonchev–Trinajstić information content (AvgIpc) is 3.03. The summed E-state index contributed by atoms with van der Waals surface area (Å²) in [6, 6.07) is 0. The van der Waals surface area contributed by atoms with Gasteiger partial charge in [0.1, 0.15) is 0 Å². The van der Waals surface area contributed by atoms with Crippen LogP contribution in [0.3, 0.4) is 0 Å². The molecule has 114 valence electrons. The monoisotopic (exact) mass is 280 g/mol. The first-order valence-corrected chi connectivity index (χ1v) is 8.45. The van der Waals surface area contributed by atoms with Gasteiger partial charge in [-0.05, 0) is 63.7 Å². The summed E-state index contributed by atoms with van der Waals surface area (Å²) in [6.45, 7) is 2.24. The van der Waals surface area contributed by atoms with E-state index in [1.807, 2.05) is 0 Å². The predicted molar refractivity (Wildman–Crippen MR) is 77.6 cm³/mol. The number of carboxylic acid groups (broad SMARTS) is 1. The molecule has 1 heterocycles. The molecule has 2 saturated carbocycles. The Morgan fingerprint density at radius 2 is 1.75 bits per heavy atom. The van der Waals surface area contributed by atoms with E-state index in [1.165, 1.54) is 25.7 Å². The van der Waals surface area contributed by atoms with E-state index in [9.17, 15) is 9.90 Å². The van der Waals surface area contributed by atoms with Gasteiger partial charge in [0.05, 0.1) is 17.1 Å². The van der Waals surface area contributed by atoms with Crippen molar-refractivity contribution in [2.24, 2.45) is 11.3 Å². The number of hydrogen-bond donors (Lipinski definition) is 1. The van der Waals surface area contributed by atoms with Crippen molar-refractivity contribution in [3.8, 4) is 0 Å². The van der Waals surface area contributed by atoms with Gasteiger partial charge in [0.25, 0.3) is 0 Å². The molecule has 0 amide bonds. The second-order valence-corrected chi connectivity index (χ2v) is 7.64. The van der Waals surface area contributed by atoms with Crippen molar-refractivity contribution in [3.63, 3.8) is 0 Å². The highest BCUT2D eigenvalue weighted by Crippen LogP contribution is 2.49. The fraction of sp³-hybridized carbons (Fsp3) is 0.941. The third-order valence-corrected chi connectivity index (χ3v) is 6.16. The number of carboxylic acids is 1. The van der Waals surface area contributed by atoms with E-state index in [1.54, 1.807) is 0 Å². The van der Waals surface area contributed by atoms with Crippen LogP contribution in [0.25, 0.3) is 0 Å². The molecule has 1 spiro atoms. The summed E-state index contributed by atoms with van der Waals surface area (Å²) in [5.74, 6) is 0.105. The van der Waals surface area contributed by atoms with Crippen LogP contribution >= 0.6 is 0 Å². The Kier molecular flexibility index (Phi) is 3.83. The molecule has 1 saturated heterocycles. The Labute approximate surface area is 122 Å². The lowest BCUT2D eigenvalue weighted by atomic mass is 9.68. The molecular formula is C17H28O3. The Balaban J connectivity index is 1.64. The zero-order chi connectivity index (χ0) is 14.2. The normalized spacial score (nSPS) is 40.2. The fourth-order valence-electron chi connectivity index (χ4n) is 4.68. The first kappa shape index (κ1) is 14.4. The zero-order valence-corrected chi connectivity index (χ0v) is 12.7. The van der Waals surface area contributed by atoms with Crippen molar-refractivity contribution in [2.45, 2.75) is 89.3 Å². The van der Waals surface area contributed by atoms with Crippen molar-refractivity contribution in [1.82, 2.24) is 0 Å². The number of ether oxygens (including phenoxy) is 1. The van der Waals surface area contributed by atoms with Crippen molar-refractivity contribution in [2.75, 3.05) is 0 Å². The van der Waals surface area contributed by atoms with E-state index >= 15 is 0 Å². The summed E-state index contributed by atoms with van der Waals surface area (Å²) in [5, 5.41) is 9.74. The highest BCUT2D eigenvalue weighted by molar-refractivity contribution is 5.74. The largest absolute Gasteiger partial charge is 0.481 e. The van der Waals surface area contributed by atoms with Gasteiger partial charge in [0.2, 0.25) is 0 Å². The minimum Gasteiger partial charge on any atom is -0.481 e. The maximum absolute atomic E-state index is 11.8. The lowest BCUT2D eigenvalue weighted by Crippen LogP contribution is -2.38. The summed E-state index contributed by atoms with van der Waals surface area (Å²) in [6.07, 6.45) is 11.9. The Morgan fingerprint density at radius 1 is 1.10 bits per heavy atom. The smallest absolute Gasteiger partial charge is 0.309 e. The molecule has 3 fully saturated rings. The summed E-state index contributed by atoms with van der Waals surface area (Å²) in [4.78, 5) is 11.8. The van der Waals surface area contributed by atoms with Gasteiger partial charge in [-0.15, -0.1) is 0 Å². The molecule has 1 atom stereocenters. The lowest BCUT2D eigenvalue weighted by Gasteiger charge is -2.37. The summed E-state index contributed by atoms with van der Waals surface area (Å²) in [7, 11) is 0. The molecule has 0 radical (unpaired) electrons. The van der Waals surface area contributed by atoms with Crippen molar-refractivity contribution >= 4 is 5.97 Å². The van der Waals surface area contributed by atoms with Gasteiger partial charge in [0, 0.05) is 0 Å². The van der Waals surface area contributed by atoms with E-state index in [0.717, 1.165) is 44.9 Å². The minimum atomic E-state index is -0.583. The first-order chi connectivity index (χ1) is 9.54. The second-order valence-electron chi connectivity index (χ2n) is 7.64. The summed E-state index contributed by atoms with van der Waals surface area (Å²) in [5.41, 5.74) is -0.367. The van der Waals surface area contributed by atoms with Gasteiger partial charge >= 0.3 is 5.97 Å². The van der Waals surface area contributed by atoms with Gasteiger partial charge in [-0.1, -0.05) is 19.8 Å². The molecule has 0 bridgehead atoms. The van der Waals surface area contributed by atoms with E-state index in [2.05, 4.69) is 6.92 Å². The predicted octanol–water partition coefficient (Wildman–Crippen LogP) is 4.15. The Hall–Kier alpha value is -0.570. The lowest BCUT2D eigenvalue weighted by molar-refractivity contribution is -0.156. The molecule has 0 aromatic heterocycles. The molecule has 0 aromatic carbocycles. The zero-order valence-electron chi connectivity index (χ0n) is 12.7. The van der Waals surface area contributed by atoms with Gasteiger partial charge < -0.3 is 9.84 Å². The third kappa shape index (κ3) is 2.61. The van der Waals surface area contributed by atoms with Crippen LogP contribution in [0.4, 0.5) is 0 Å². The van der Waals surface area contributed by atoms with Crippen molar-refractivity contribution < 1.29 is 14.6 Å². The van der Waals surface area contributed by atoms with E-state index < -0.39 is 11.4 Å². The second kappa shape index (κ2) is 5.32. The van der Waals surface area contributed by atoms with Crippen LogP contribution in [0.1, 0.15) is 77.6 Å². The van der Waals surface area contributed by atoms with Crippen LogP contribution in [-0.4, -0.2) is 22.8 Å². The van der Waals surface area contributed by atoms with Crippen LogP contribution in [0.2, 0.25) is 0 Å². The highest BCUT2D eigenvalue weighted by Gasteiger charge is 2.48. The maximum Gasteiger partial charge on any atom is 0.309 e. The van der Waals surface area contributed by atoms with Crippen molar-refractivity contribution in [3.05, 3.63) is 0 Å². The van der Waals surface area contributed by atoms with Gasteiger partial charge in [-0.3, -0.25) is 4.79 Å². The molecule has 1 N–H and O–H groups in total.